The van der Waals surface area contributed by atoms with Gasteiger partial charge in [-0.3, -0.25) is 0 Å². The minimum Gasteiger partial charge on any atom is -0.327 e. The Morgan fingerprint density at radius 2 is 2.42 bits per heavy atom. The Balaban J connectivity index is 2.80. The normalized spacial score (nSPS) is 15.9. The number of hydrogen-bond acceptors (Lipinski definition) is 2. The number of nitrogens with two attached hydrogens (primary N) is 1. The molecule has 0 aliphatic rings. The SMILES string of the molecule is CCCC(F)(CN)c1ccsc1. The minimum absolute atomic E-state index is 0.0809. The van der Waals surface area contributed by atoms with E-state index in [1.165, 1.54) is 11.3 Å². The van der Waals surface area contributed by atoms with Crippen LogP contribution < -0.4 is 5.73 Å². The van der Waals surface area contributed by atoms with Crippen LogP contribution in [-0.4, -0.2) is 6.54 Å². The Bertz CT molecular complexity index is 222. The van der Waals surface area contributed by atoms with Crippen LogP contribution in [0, 0.1) is 0 Å². The first kappa shape index (κ1) is 9.68. The highest BCUT2D eigenvalue weighted by Gasteiger charge is 2.29. The molecule has 0 aromatic carbocycles. The first-order chi connectivity index (χ1) is 5.73. The van der Waals surface area contributed by atoms with E-state index < -0.39 is 5.67 Å². The van der Waals surface area contributed by atoms with E-state index in [2.05, 4.69) is 0 Å². The van der Waals surface area contributed by atoms with E-state index in [4.69, 9.17) is 5.73 Å². The van der Waals surface area contributed by atoms with Gasteiger partial charge in [0.25, 0.3) is 0 Å². The highest BCUT2D eigenvalue weighted by Crippen LogP contribution is 2.31. The van der Waals surface area contributed by atoms with Gasteiger partial charge in [0.1, 0.15) is 5.67 Å². The molecule has 0 saturated carbocycles. The molecule has 3 heteroatoms. The molecule has 1 atom stereocenters. The van der Waals surface area contributed by atoms with Gasteiger partial charge in [-0.15, -0.1) is 0 Å². The third kappa shape index (κ3) is 1.84. The lowest BCUT2D eigenvalue weighted by Crippen LogP contribution is -2.29. The maximum absolute atomic E-state index is 14.0. The molecule has 1 aromatic rings. The number of rotatable bonds is 4. The van der Waals surface area contributed by atoms with Crippen molar-refractivity contribution >= 4 is 11.3 Å². The van der Waals surface area contributed by atoms with E-state index >= 15 is 0 Å². The predicted molar refractivity (Wildman–Crippen MR) is 51.1 cm³/mol. The molecule has 1 nitrogen and oxygen atoms in total. The van der Waals surface area contributed by atoms with Crippen LogP contribution in [0.4, 0.5) is 4.39 Å². The fraction of sp³-hybridized carbons (Fsp3) is 0.556. The number of thiophene rings is 1. The lowest BCUT2D eigenvalue weighted by molar-refractivity contribution is 0.160. The summed E-state index contributed by atoms with van der Waals surface area (Å²) in [7, 11) is 0. The molecule has 0 saturated heterocycles. The van der Waals surface area contributed by atoms with E-state index in [1.807, 2.05) is 23.8 Å². The summed E-state index contributed by atoms with van der Waals surface area (Å²) < 4.78 is 14.0. The Morgan fingerprint density at radius 3 is 2.83 bits per heavy atom. The highest BCUT2D eigenvalue weighted by molar-refractivity contribution is 7.08. The lowest BCUT2D eigenvalue weighted by atomic mass is 9.94. The van der Waals surface area contributed by atoms with Gasteiger partial charge in [-0.05, 0) is 23.2 Å². The van der Waals surface area contributed by atoms with Crippen molar-refractivity contribution in [2.45, 2.75) is 25.4 Å². The zero-order valence-electron chi connectivity index (χ0n) is 7.22. The molecule has 2 N–H and O–H groups in total. The van der Waals surface area contributed by atoms with Gasteiger partial charge in [-0.2, -0.15) is 11.3 Å². The number of halogens is 1. The number of hydrogen-bond donors (Lipinski definition) is 1. The fourth-order valence-corrected chi connectivity index (χ4v) is 2.02. The summed E-state index contributed by atoms with van der Waals surface area (Å²) in [6.07, 6.45) is 1.34. The molecule has 0 fully saturated rings. The van der Waals surface area contributed by atoms with Gasteiger partial charge in [0.2, 0.25) is 0 Å². The van der Waals surface area contributed by atoms with Crippen molar-refractivity contribution in [3.8, 4) is 0 Å². The molecule has 12 heavy (non-hydrogen) atoms. The summed E-state index contributed by atoms with van der Waals surface area (Å²) in [5.41, 5.74) is 4.85. The highest BCUT2D eigenvalue weighted by atomic mass is 32.1. The Hall–Kier alpha value is -0.410. The van der Waals surface area contributed by atoms with Crippen molar-refractivity contribution < 1.29 is 4.39 Å². The van der Waals surface area contributed by atoms with E-state index in [9.17, 15) is 4.39 Å². The second-order valence-corrected chi connectivity index (χ2v) is 3.71. The zero-order valence-corrected chi connectivity index (χ0v) is 8.03. The first-order valence-corrected chi connectivity index (χ1v) is 5.09. The summed E-state index contributed by atoms with van der Waals surface area (Å²) >= 11 is 1.51. The molecule has 0 bridgehead atoms. The average Bonchev–Trinajstić information content (AvgIpc) is 2.57. The van der Waals surface area contributed by atoms with Crippen molar-refractivity contribution in [2.75, 3.05) is 6.54 Å². The van der Waals surface area contributed by atoms with Crippen molar-refractivity contribution in [1.29, 1.82) is 0 Å². The smallest absolute Gasteiger partial charge is 0.148 e. The third-order valence-corrected chi connectivity index (χ3v) is 2.69. The van der Waals surface area contributed by atoms with Crippen molar-refractivity contribution in [2.24, 2.45) is 5.73 Å². The van der Waals surface area contributed by atoms with Crippen LogP contribution in [0.25, 0.3) is 0 Å². The molecule has 0 aliphatic heterocycles. The lowest BCUT2D eigenvalue weighted by Gasteiger charge is -2.21. The zero-order chi connectivity index (χ0) is 9.03. The molecule has 1 rings (SSSR count). The van der Waals surface area contributed by atoms with Gasteiger partial charge in [0, 0.05) is 12.1 Å². The van der Waals surface area contributed by atoms with Crippen LogP contribution in [0.1, 0.15) is 25.3 Å². The Labute approximate surface area is 76.4 Å². The van der Waals surface area contributed by atoms with Gasteiger partial charge in [-0.1, -0.05) is 13.3 Å². The van der Waals surface area contributed by atoms with Crippen LogP contribution in [0.3, 0.4) is 0 Å². The molecule has 68 valence electrons. The number of alkyl halides is 1. The van der Waals surface area contributed by atoms with Gasteiger partial charge >= 0.3 is 0 Å². The molecule has 0 amide bonds. The van der Waals surface area contributed by atoms with Crippen LogP contribution in [-0.2, 0) is 5.67 Å². The summed E-state index contributed by atoms with van der Waals surface area (Å²) in [6, 6.07) is 1.81. The van der Waals surface area contributed by atoms with E-state index in [1.54, 1.807) is 0 Å². The van der Waals surface area contributed by atoms with E-state index in [0.29, 0.717) is 6.42 Å². The standard InChI is InChI=1S/C9H14FNS/c1-2-4-9(10,7-11)8-3-5-12-6-8/h3,5-6H,2,4,7,11H2,1H3. The van der Waals surface area contributed by atoms with Crippen LogP contribution >= 0.6 is 11.3 Å². The Kier molecular flexibility index (Phi) is 3.23. The fourth-order valence-electron chi connectivity index (χ4n) is 1.28. The van der Waals surface area contributed by atoms with Gasteiger partial charge in [-0.25, -0.2) is 4.39 Å². The summed E-state index contributed by atoms with van der Waals surface area (Å²) in [4.78, 5) is 0. The second-order valence-electron chi connectivity index (χ2n) is 2.93. The first-order valence-electron chi connectivity index (χ1n) is 4.14. The molecule has 0 radical (unpaired) electrons. The van der Waals surface area contributed by atoms with Gasteiger partial charge in [0.15, 0.2) is 0 Å². The maximum atomic E-state index is 14.0. The summed E-state index contributed by atoms with van der Waals surface area (Å²) in [6.45, 7) is 2.05. The molecule has 0 spiro atoms. The third-order valence-electron chi connectivity index (χ3n) is 2.01. The second kappa shape index (κ2) is 4.01. The van der Waals surface area contributed by atoms with Gasteiger partial charge in [0.05, 0.1) is 0 Å². The van der Waals surface area contributed by atoms with Crippen LogP contribution in [0.2, 0.25) is 0 Å². The van der Waals surface area contributed by atoms with Crippen LogP contribution in [0.15, 0.2) is 16.8 Å². The monoisotopic (exact) mass is 187 g/mol. The summed E-state index contributed by atoms with van der Waals surface area (Å²) in [5, 5.41) is 3.72. The molecular formula is C9H14FNS. The summed E-state index contributed by atoms with van der Waals surface area (Å²) in [5.74, 6) is 0. The average molecular weight is 187 g/mol. The maximum Gasteiger partial charge on any atom is 0.148 e. The predicted octanol–water partition coefficient (Wildman–Crippen LogP) is 2.67. The largest absolute Gasteiger partial charge is 0.327 e. The van der Waals surface area contributed by atoms with Crippen LogP contribution in [0.5, 0.6) is 0 Å². The van der Waals surface area contributed by atoms with E-state index in [0.717, 1.165) is 12.0 Å². The molecule has 0 aliphatic carbocycles. The van der Waals surface area contributed by atoms with Crippen molar-refractivity contribution in [3.63, 3.8) is 0 Å². The molecular weight excluding hydrogens is 173 g/mol. The Morgan fingerprint density at radius 1 is 1.67 bits per heavy atom. The minimum atomic E-state index is -1.30. The quantitative estimate of drug-likeness (QED) is 0.770. The van der Waals surface area contributed by atoms with Crippen molar-refractivity contribution in [1.82, 2.24) is 0 Å². The molecule has 1 heterocycles. The van der Waals surface area contributed by atoms with Gasteiger partial charge < -0.3 is 5.73 Å². The van der Waals surface area contributed by atoms with Crippen molar-refractivity contribution in [3.05, 3.63) is 22.4 Å². The molecule has 1 unspecified atom stereocenters. The van der Waals surface area contributed by atoms with E-state index in [-0.39, 0.29) is 6.54 Å². The molecule has 1 aromatic heterocycles. The topological polar surface area (TPSA) is 26.0 Å².